The molecule has 4 atom stereocenters. The van der Waals surface area contributed by atoms with E-state index in [2.05, 4.69) is 6.92 Å². The van der Waals surface area contributed by atoms with E-state index < -0.39 is 18.4 Å². The molecule has 0 spiro atoms. The summed E-state index contributed by atoms with van der Waals surface area (Å²) in [5, 5.41) is 0. The fraction of sp³-hybridized carbons (Fsp3) is 1.00. The third kappa shape index (κ3) is 5.46. The van der Waals surface area contributed by atoms with Crippen molar-refractivity contribution in [3.8, 4) is 0 Å². The number of rotatable bonds is 7. The highest BCUT2D eigenvalue weighted by molar-refractivity contribution is 4.93. The average molecular weight is 385 g/mol. The summed E-state index contributed by atoms with van der Waals surface area (Å²) in [5.41, 5.74) is 0. The highest BCUT2D eigenvalue weighted by Crippen LogP contribution is 2.46. The first-order chi connectivity index (χ1) is 13.1. The van der Waals surface area contributed by atoms with Crippen molar-refractivity contribution in [2.24, 2.45) is 29.6 Å². The van der Waals surface area contributed by atoms with Crippen LogP contribution in [0.1, 0.15) is 96.8 Å². The Hall–Kier alpha value is -0.180. The smallest absolute Gasteiger partial charge is 0.157 e. The number of unbranched alkanes of at least 4 members (excludes halogenated alkanes) is 2. The summed E-state index contributed by atoms with van der Waals surface area (Å²) in [7, 11) is 1.51. The standard InChI is InChI=1S/C24H42F2O/c1-3-4-5-6-17-7-9-18(10-8-17)19-11-13-20(14-12-19)21-15-16-22(27-2)24(26)23(21)25/h17-24H,3-16H2,1-2H3. The molecule has 0 radical (unpaired) electrons. The van der Waals surface area contributed by atoms with Crippen LogP contribution in [0.3, 0.4) is 0 Å². The minimum atomic E-state index is -1.42. The number of methoxy groups -OCH3 is 1. The predicted octanol–water partition coefficient (Wildman–Crippen LogP) is 7.28. The molecule has 4 unspecified atom stereocenters. The summed E-state index contributed by atoms with van der Waals surface area (Å²) in [6, 6.07) is 0. The molecule has 0 saturated heterocycles. The Bertz CT molecular complexity index is 413. The van der Waals surface area contributed by atoms with Gasteiger partial charge >= 0.3 is 0 Å². The quantitative estimate of drug-likeness (QED) is 0.419. The monoisotopic (exact) mass is 384 g/mol. The number of hydrogen-bond donors (Lipinski definition) is 0. The molecular weight excluding hydrogens is 342 g/mol. The fourth-order valence-corrected chi connectivity index (χ4v) is 6.54. The van der Waals surface area contributed by atoms with Crippen LogP contribution in [-0.4, -0.2) is 25.6 Å². The maximum absolute atomic E-state index is 14.6. The number of halogens is 2. The summed E-state index contributed by atoms with van der Waals surface area (Å²) in [5.74, 6) is 3.08. The number of ether oxygens (including phenoxy) is 1. The second-order valence-corrected chi connectivity index (χ2v) is 9.86. The van der Waals surface area contributed by atoms with Gasteiger partial charge in [-0.2, -0.15) is 0 Å². The minimum Gasteiger partial charge on any atom is -0.378 e. The Kier molecular flexibility index (Phi) is 8.42. The molecule has 0 aromatic heterocycles. The molecule has 0 amide bonds. The zero-order chi connectivity index (χ0) is 19.2. The molecule has 0 N–H and O–H groups in total. The molecule has 27 heavy (non-hydrogen) atoms. The molecule has 0 aliphatic heterocycles. The first-order valence-electron chi connectivity index (χ1n) is 11.9. The van der Waals surface area contributed by atoms with Gasteiger partial charge in [0.25, 0.3) is 0 Å². The van der Waals surface area contributed by atoms with Crippen molar-refractivity contribution in [3.05, 3.63) is 0 Å². The van der Waals surface area contributed by atoms with Crippen LogP contribution in [0, 0.1) is 29.6 Å². The summed E-state index contributed by atoms with van der Waals surface area (Å²) in [6.07, 6.45) is 14.3. The minimum absolute atomic E-state index is 0.0679. The topological polar surface area (TPSA) is 9.23 Å². The molecule has 3 fully saturated rings. The van der Waals surface area contributed by atoms with Crippen molar-refractivity contribution in [2.75, 3.05) is 7.11 Å². The third-order valence-corrected chi connectivity index (χ3v) is 8.35. The molecule has 1 nitrogen and oxygen atoms in total. The Balaban J connectivity index is 1.39. The van der Waals surface area contributed by atoms with Crippen molar-refractivity contribution >= 4 is 0 Å². The summed E-state index contributed by atoms with van der Waals surface area (Å²) in [4.78, 5) is 0. The molecule has 158 valence electrons. The van der Waals surface area contributed by atoms with Gasteiger partial charge in [0.15, 0.2) is 6.17 Å². The van der Waals surface area contributed by atoms with Crippen molar-refractivity contribution in [1.82, 2.24) is 0 Å². The van der Waals surface area contributed by atoms with Crippen LogP contribution in [0.2, 0.25) is 0 Å². The van der Waals surface area contributed by atoms with Gasteiger partial charge in [-0.25, -0.2) is 8.78 Å². The molecule has 0 heterocycles. The lowest BCUT2D eigenvalue weighted by Gasteiger charge is -2.43. The Morgan fingerprint density at radius 3 is 1.89 bits per heavy atom. The van der Waals surface area contributed by atoms with Crippen LogP contribution in [-0.2, 0) is 4.74 Å². The summed E-state index contributed by atoms with van der Waals surface area (Å²) in [6.45, 7) is 2.29. The molecule has 0 aromatic rings. The van der Waals surface area contributed by atoms with E-state index in [9.17, 15) is 8.78 Å². The number of alkyl halides is 2. The van der Waals surface area contributed by atoms with E-state index in [1.165, 1.54) is 71.3 Å². The zero-order valence-electron chi connectivity index (χ0n) is 17.7. The predicted molar refractivity (Wildman–Crippen MR) is 108 cm³/mol. The van der Waals surface area contributed by atoms with Gasteiger partial charge in [-0.05, 0) is 81.0 Å². The van der Waals surface area contributed by atoms with Crippen LogP contribution in [0.15, 0.2) is 0 Å². The van der Waals surface area contributed by atoms with Crippen LogP contribution >= 0.6 is 0 Å². The van der Waals surface area contributed by atoms with Crippen LogP contribution in [0.5, 0.6) is 0 Å². The van der Waals surface area contributed by atoms with Gasteiger partial charge in [0.05, 0.1) is 6.10 Å². The maximum atomic E-state index is 14.6. The lowest BCUT2D eigenvalue weighted by Crippen LogP contribution is -2.45. The highest BCUT2D eigenvalue weighted by atomic mass is 19.2. The fourth-order valence-electron chi connectivity index (χ4n) is 6.54. The van der Waals surface area contributed by atoms with Gasteiger partial charge < -0.3 is 4.74 Å². The van der Waals surface area contributed by atoms with Crippen molar-refractivity contribution in [1.29, 1.82) is 0 Å². The van der Waals surface area contributed by atoms with E-state index >= 15 is 0 Å². The highest BCUT2D eigenvalue weighted by Gasteiger charge is 2.44. The third-order valence-electron chi connectivity index (χ3n) is 8.35. The van der Waals surface area contributed by atoms with E-state index in [1.807, 2.05) is 0 Å². The lowest BCUT2D eigenvalue weighted by molar-refractivity contribution is -0.0729. The molecule has 3 saturated carbocycles. The van der Waals surface area contributed by atoms with Gasteiger partial charge in [0.2, 0.25) is 0 Å². The first kappa shape index (κ1) is 21.5. The summed E-state index contributed by atoms with van der Waals surface area (Å²) < 4.78 is 34.0. The van der Waals surface area contributed by atoms with Crippen molar-refractivity contribution in [2.45, 2.75) is 115 Å². The molecule has 3 aliphatic carbocycles. The van der Waals surface area contributed by atoms with Gasteiger partial charge in [-0.3, -0.25) is 0 Å². The maximum Gasteiger partial charge on any atom is 0.157 e. The molecule has 3 heteroatoms. The molecule has 0 bridgehead atoms. The van der Waals surface area contributed by atoms with Gasteiger partial charge in [0, 0.05) is 7.11 Å². The van der Waals surface area contributed by atoms with Crippen molar-refractivity contribution < 1.29 is 13.5 Å². The molecular formula is C24H42F2O. The van der Waals surface area contributed by atoms with E-state index in [1.54, 1.807) is 0 Å². The second kappa shape index (κ2) is 10.6. The van der Waals surface area contributed by atoms with E-state index in [-0.39, 0.29) is 5.92 Å². The van der Waals surface area contributed by atoms with Crippen LogP contribution in [0.4, 0.5) is 8.78 Å². The molecule has 0 aromatic carbocycles. The van der Waals surface area contributed by atoms with Crippen LogP contribution < -0.4 is 0 Å². The largest absolute Gasteiger partial charge is 0.378 e. The second-order valence-electron chi connectivity index (χ2n) is 9.86. The summed E-state index contributed by atoms with van der Waals surface area (Å²) >= 11 is 0. The van der Waals surface area contributed by atoms with Gasteiger partial charge in [-0.15, -0.1) is 0 Å². The Morgan fingerprint density at radius 1 is 0.704 bits per heavy atom. The molecule has 3 aliphatic rings. The first-order valence-corrected chi connectivity index (χ1v) is 11.9. The van der Waals surface area contributed by atoms with E-state index in [0.29, 0.717) is 12.3 Å². The van der Waals surface area contributed by atoms with E-state index in [0.717, 1.165) is 37.0 Å². The Morgan fingerprint density at radius 2 is 1.30 bits per heavy atom. The normalized spacial score (nSPS) is 43.6. The van der Waals surface area contributed by atoms with E-state index in [4.69, 9.17) is 4.74 Å². The van der Waals surface area contributed by atoms with Crippen molar-refractivity contribution in [3.63, 3.8) is 0 Å². The lowest BCUT2D eigenvalue weighted by atomic mass is 9.65. The van der Waals surface area contributed by atoms with Gasteiger partial charge in [0.1, 0.15) is 6.17 Å². The van der Waals surface area contributed by atoms with Crippen LogP contribution in [0.25, 0.3) is 0 Å². The zero-order valence-corrected chi connectivity index (χ0v) is 17.7. The Labute approximate surface area is 166 Å². The molecule has 3 rings (SSSR count). The average Bonchev–Trinajstić information content (AvgIpc) is 2.71. The van der Waals surface area contributed by atoms with Gasteiger partial charge in [-0.1, -0.05) is 45.4 Å². The number of hydrogen-bond acceptors (Lipinski definition) is 1. The SMILES string of the molecule is CCCCCC1CCC(C2CCC(C3CCC(OC)C(F)C3F)CC2)CC1.